The molecular formula is C20H17N3O4S. The Morgan fingerprint density at radius 1 is 0.857 bits per heavy atom. The fourth-order valence-electron chi connectivity index (χ4n) is 2.39. The molecule has 0 radical (unpaired) electrons. The number of aromatic nitrogens is 2. The monoisotopic (exact) mass is 395 g/mol. The van der Waals surface area contributed by atoms with Crippen molar-refractivity contribution in [3.8, 4) is 0 Å². The molecule has 3 rings (SSSR count). The summed E-state index contributed by atoms with van der Waals surface area (Å²) >= 11 is 0. The normalized spacial score (nSPS) is 11.0. The van der Waals surface area contributed by atoms with E-state index in [4.69, 9.17) is 0 Å². The molecule has 1 heterocycles. The lowest BCUT2D eigenvalue weighted by molar-refractivity contribution is 0.0894. The van der Waals surface area contributed by atoms with Crippen LogP contribution >= 0.6 is 0 Å². The quantitative estimate of drug-likeness (QED) is 0.487. The van der Waals surface area contributed by atoms with E-state index in [1.54, 1.807) is 42.5 Å². The van der Waals surface area contributed by atoms with Gasteiger partial charge in [-0.15, -0.1) is 0 Å². The lowest BCUT2D eigenvalue weighted by Crippen LogP contribution is -2.15. The number of Topliss-reactive ketones (excluding diaryl/α,β-unsaturated/α-hetero) is 2. The highest BCUT2D eigenvalue weighted by molar-refractivity contribution is 7.92. The Bertz CT molecular complexity index is 1090. The van der Waals surface area contributed by atoms with E-state index in [0.29, 0.717) is 5.56 Å². The molecule has 0 fully saturated rings. The maximum absolute atomic E-state index is 12.3. The highest BCUT2D eigenvalue weighted by atomic mass is 32.2. The molecule has 0 atom stereocenters. The number of sulfonamides is 1. The number of nitrogens with zero attached hydrogens (tertiary/aromatic N) is 2. The third-order valence-electron chi connectivity index (χ3n) is 3.95. The van der Waals surface area contributed by atoms with Crippen LogP contribution in [0.1, 0.15) is 32.7 Å². The number of carbonyl (C=O) groups excluding carboxylic acids is 2. The van der Waals surface area contributed by atoms with Crippen LogP contribution in [0, 0.1) is 6.92 Å². The maximum atomic E-state index is 12.3. The van der Waals surface area contributed by atoms with Crippen molar-refractivity contribution in [2.24, 2.45) is 0 Å². The van der Waals surface area contributed by atoms with E-state index in [-0.39, 0.29) is 28.6 Å². The average molecular weight is 395 g/mol. The number of nitrogens with one attached hydrogen (secondary N) is 1. The summed E-state index contributed by atoms with van der Waals surface area (Å²) in [5.74, 6) is -0.910. The number of carbonyl (C=O) groups is 2. The fraction of sp³-hybridized carbons (Fsp3) is 0.100. The van der Waals surface area contributed by atoms with E-state index < -0.39 is 15.8 Å². The van der Waals surface area contributed by atoms with Gasteiger partial charge < -0.3 is 0 Å². The maximum Gasteiger partial charge on any atom is 0.264 e. The van der Waals surface area contributed by atoms with Gasteiger partial charge in [-0.25, -0.2) is 23.1 Å². The Hall–Kier alpha value is -3.39. The molecule has 2 aromatic carbocycles. The average Bonchev–Trinajstić information content (AvgIpc) is 2.69. The van der Waals surface area contributed by atoms with Gasteiger partial charge in [0.25, 0.3) is 10.0 Å². The summed E-state index contributed by atoms with van der Waals surface area (Å²) in [6.07, 6.45) is 2.07. The van der Waals surface area contributed by atoms with Gasteiger partial charge in [0.1, 0.15) is 0 Å². The summed E-state index contributed by atoms with van der Waals surface area (Å²) in [5.41, 5.74) is 1.60. The van der Waals surface area contributed by atoms with Crippen LogP contribution in [0.3, 0.4) is 0 Å². The minimum atomic E-state index is -3.82. The zero-order chi connectivity index (χ0) is 20.1. The molecule has 142 valence electrons. The number of rotatable bonds is 7. The third kappa shape index (κ3) is 4.66. The Balaban J connectivity index is 1.67. The SMILES string of the molecule is Cc1ccc(C(=O)CC(=O)c2cnc(NS(=O)(=O)c3ccccc3)nc2)cc1. The molecule has 0 spiro atoms. The molecule has 7 nitrogen and oxygen atoms in total. The zero-order valence-corrected chi connectivity index (χ0v) is 15.8. The second kappa shape index (κ2) is 8.10. The molecule has 0 aliphatic heterocycles. The summed E-state index contributed by atoms with van der Waals surface area (Å²) < 4.78 is 26.7. The van der Waals surface area contributed by atoms with Gasteiger partial charge in [-0.1, -0.05) is 48.0 Å². The number of hydrogen-bond acceptors (Lipinski definition) is 6. The van der Waals surface area contributed by atoms with Gasteiger partial charge in [0.15, 0.2) is 11.6 Å². The van der Waals surface area contributed by atoms with Gasteiger partial charge in [-0.05, 0) is 19.1 Å². The zero-order valence-electron chi connectivity index (χ0n) is 15.0. The summed E-state index contributed by atoms with van der Waals surface area (Å²) in [6, 6.07) is 14.7. The van der Waals surface area contributed by atoms with Crippen molar-refractivity contribution < 1.29 is 18.0 Å². The molecule has 1 N–H and O–H groups in total. The van der Waals surface area contributed by atoms with Crippen molar-refractivity contribution in [1.82, 2.24) is 9.97 Å². The highest BCUT2D eigenvalue weighted by Gasteiger charge is 2.17. The first kappa shape index (κ1) is 19.4. The molecule has 0 unspecified atom stereocenters. The van der Waals surface area contributed by atoms with Crippen molar-refractivity contribution in [3.63, 3.8) is 0 Å². The molecular weight excluding hydrogens is 378 g/mol. The molecule has 0 saturated carbocycles. The topological polar surface area (TPSA) is 106 Å². The van der Waals surface area contributed by atoms with E-state index in [1.807, 2.05) is 6.92 Å². The van der Waals surface area contributed by atoms with Gasteiger partial charge in [-0.2, -0.15) is 0 Å². The van der Waals surface area contributed by atoms with Gasteiger partial charge in [-0.3, -0.25) is 9.59 Å². The summed E-state index contributed by atoms with van der Waals surface area (Å²) in [7, 11) is -3.82. The van der Waals surface area contributed by atoms with E-state index in [1.165, 1.54) is 24.5 Å². The van der Waals surface area contributed by atoms with Gasteiger partial charge in [0, 0.05) is 18.0 Å². The Labute approximate surface area is 162 Å². The molecule has 0 aliphatic rings. The second-order valence-electron chi connectivity index (χ2n) is 6.10. The van der Waals surface area contributed by atoms with Crippen LogP contribution < -0.4 is 4.72 Å². The smallest absolute Gasteiger partial charge is 0.264 e. The number of anilines is 1. The van der Waals surface area contributed by atoms with Crippen LogP contribution in [0.15, 0.2) is 71.9 Å². The van der Waals surface area contributed by atoms with Gasteiger partial charge >= 0.3 is 0 Å². The standard InChI is InChI=1S/C20H17N3O4S/c1-14-7-9-15(10-8-14)18(24)11-19(25)16-12-21-20(22-13-16)23-28(26,27)17-5-3-2-4-6-17/h2-10,12-13H,11H2,1H3,(H,21,22,23). The minimum Gasteiger partial charge on any atom is -0.294 e. The summed E-state index contributed by atoms with van der Waals surface area (Å²) in [5, 5.41) is 0. The van der Waals surface area contributed by atoms with Gasteiger partial charge in [0.2, 0.25) is 5.95 Å². The second-order valence-corrected chi connectivity index (χ2v) is 7.79. The van der Waals surface area contributed by atoms with Crippen LogP contribution in [0.25, 0.3) is 0 Å². The van der Waals surface area contributed by atoms with Crippen molar-refractivity contribution in [3.05, 3.63) is 83.7 Å². The minimum absolute atomic E-state index is 0.0717. The Morgan fingerprint density at radius 2 is 1.43 bits per heavy atom. The summed E-state index contributed by atoms with van der Waals surface area (Å²) in [6.45, 7) is 1.91. The fourth-order valence-corrected chi connectivity index (χ4v) is 3.37. The van der Waals surface area contributed by atoms with Crippen molar-refractivity contribution >= 4 is 27.5 Å². The lowest BCUT2D eigenvalue weighted by atomic mass is 10.0. The lowest BCUT2D eigenvalue weighted by Gasteiger charge is -2.07. The largest absolute Gasteiger partial charge is 0.294 e. The van der Waals surface area contributed by atoms with Crippen molar-refractivity contribution in [2.45, 2.75) is 18.2 Å². The predicted molar refractivity (Wildman–Crippen MR) is 104 cm³/mol. The van der Waals surface area contributed by atoms with Crippen molar-refractivity contribution in [1.29, 1.82) is 0 Å². The molecule has 0 amide bonds. The van der Waals surface area contributed by atoms with Crippen LogP contribution in [0.2, 0.25) is 0 Å². The van der Waals surface area contributed by atoms with E-state index >= 15 is 0 Å². The van der Waals surface area contributed by atoms with E-state index in [2.05, 4.69) is 14.7 Å². The number of ketones is 2. The van der Waals surface area contributed by atoms with Crippen molar-refractivity contribution in [2.75, 3.05) is 4.72 Å². The summed E-state index contributed by atoms with van der Waals surface area (Å²) in [4.78, 5) is 32.3. The molecule has 1 aromatic heterocycles. The van der Waals surface area contributed by atoms with Crippen LogP contribution in [0.5, 0.6) is 0 Å². The first-order valence-corrected chi connectivity index (χ1v) is 9.86. The predicted octanol–water partition coefficient (Wildman–Crippen LogP) is 3.04. The molecule has 8 heteroatoms. The molecule has 3 aromatic rings. The van der Waals surface area contributed by atoms with E-state index in [0.717, 1.165) is 5.56 Å². The van der Waals surface area contributed by atoms with Gasteiger partial charge in [0.05, 0.1) is 16.9 Å². The highest BCUT2D eigenvalue weighted by Crippen LogP contribution is 2.13. The molecule has 28 heavy (non-hydrogen) atoms. The Morgan fingerprint density at radius 3 is 2.04 bits per heavy atom. The number of benzene rings is 2. The molecule has 0 saturated heterocycles. The van der Waals surface area contributed by atoms with Crippen LogP contribution in [-0.2, 0) is 10.0 Å². The van der Waals surface area contributed by atoms with E-state index in [9.17, 15) is 18.0 Å². The molecule has 0 aliphatic carbocycles. The number of aryl methyl sites for hydroxylation is 1. The molecule has 0 bridgehead atoms. The number of hydrogen-bond donors (Lipinski definition) is 1. The Kier molecular flexibility index (Phi) is 5.60. The first-order valence-electron chi connectivity index (χ1n) is 8.38. The van der Waals surface area contributed by atoms with Crippen LogP contribution in [-0.4, -0.2) is 30.0 Å². The first-order chi connectivity index (χ1) is 13.3. The third-order valence-corrected chi connectivity index (χ3v) is 5.29. The van der Waals surface area contributed by atoms with Crippen LogP contribution in [0.4, 0.5) is 5.95 Å².